The van der Waals surface area contributed by atoms with Crippen molar-refractivity contribution in [3.05, 3.63) is 29.8 Å². The molecule has 1 rings (SSSR count). The molecule has 54 heavy (non-hydrogen) atoms. The van der Waals surface area contributed by atoms with Crippen LogP contribution in [0, 0.1) is 0 Å². The Morgan fingerprint density at radius 2 is 1.02 bits per heavy atom. The molecule has 0 saturated heterocycles. The molecular weight excluding hydrogens is 793 g/mol. The van der Waals surface area contributed by atoms with Gasteiger partial charge in [-0.25, -0.2) is 10.3 Å². The van der Waals surface area contributed by atoms with Gasteiger partial charge < -0.3 is 15.4 Å². The molecule has 0 radical (unpaired) electrons. The molecule has 0 aromatic heterocycles. The van der Waals surface area contributed by atoms with Gasteiger partial charge in [0, 0.05) is 31.5 Å². The van der Waals surface area contributed by atoms with Crippen molar-refractivity contribution < 1.29 is 99.0 Å². The Morgan fingerprint density at radius 1 is 0.593 bits per heavy atom. The predicted octanol–water partition coefficient (Wildman–Crippen LogP) is 9.27. The van der Waals surface area contributed by atoms with Crippen molar-refractivity contribution in [2.24, 2.45) is 0 Å². The molecule has 4 N–H and O–H groups in total. The average molecular weight is 826 g/mol. The van der Waals surface area contributed by atoms with Crippen LogP contribution in [-0.4, -0.2) is 76.3 Å². The molecule has 0 heterocycles. The molecule has 1 aromatic rings. The van der Waals surface area contributed by atoms with Crippen LogP contribution in [-0.2, 0) is 20.9 Å². The van der Waals surface area contributed by atoms with Gasteiger partial charge in [0.05, 0.1) is 0 Å². The third-order valence-corrected chi connectivity index (χ3v) is 7.55. The van der Waals surface area contributed by atoms with Gasteiger partial charge in [-0.15, -0.1) is 0 Å². The maximum atomic E-state index is 14.3. The molecule has 0 aliphatic carbocycles. The molecule has 0 fully saturated rings. The smallest absolute Gasteiger partial charge is 0.444 e. The summed E-state index contributed by atoms with van der Waals surface area (Å²) in [5.74, 6) is -58.0. The molecule has 3 amide bonds. The van der Waals surface area contributed by atoms with Crippen molar-refractivity contribution in [3.63, 3.8) is 0 Å². The van der Waals surface area contributed by atoms with E-state index in [0.29, 0.717) is 50.8 Å². The second kappa shape index (κ2) is 16.9. The Labute approximate surface area is 294 Å². The average Bonchev–Trinajstić information content (AvgIpc) is 3.03. The van der Waals surface area contributed by atoms with Crippen LogP contribution in [0.2, 0.25) is 0 Å². The Balaban J connectivity index is 2.84. The number of unbranched alkanes of at least 4 members (excludes halogenated alkanes) is 3. The van der Waals surface area contributed by atoms with E-state index in [2.05, 4.69) is 15.4 Å². The van der Waals surface area contributed by atoms with Gasteiger partial charge in [-0.2, -0.15) is 74.6 Å². The van der Waals surface area contributed by atoms with Gasteiger partial charge in [0.25, 0.3) is 0 Å². The highest BCUT2D eigenvalue weighted by atomic mass is 19.4. The first-order valence-corrected chi connectivity index (χ1v) is 15.1. The highest BCUT2D eigenvalue weighted by molar-refractivity contribution is 5.90. The van der Waals surface area contributed by atoms with Crippen LogP contribution < -0.4 is 16.1 Å². The van der Waals surface area contributed by atoms with E-state index in [9.17, 15) is 89.0 Å². The lowest BCUT2D eigenvalue weighted by Crippen LogP contribution is -2.74. The third-order valence-electron chi connectivity index (χ3n) is 7.55. The van der Waals surface area contributed by atoms with Crippen LogP contribution in [0.1, 0.15) is 70.8 Å². The number of nitrogens with one attached hydrogen (secondary N) is 3. The van der Waals surface area contributed by atoms with E-state index in [1.165, 1.54) is 29.7 Å². The second-order valence-electron chi connectivity index (χ2n) is 12.3. The Bertz CT molecular complexity index is 1440. The Morgan fingerprint density at radius 3 is 1.46 bits per heavy atom. The van der Waals surface area contributed by atoms with E-state index in [4.69, 9.17) is 5.21 Å². The highest BCUT2D eigenvalue weighted by Crippen LogP contribution is 2.64. The number of alkyl carbamates (subject to hydrolysis) is 1. The molecule has 0 aliphatic heterocycles. The molecule has 1 aromatic carbocycles. The minimum Gasteiger partial charge on any atom is -0.444 e. The number of hydroxylamine groups is 1. The standard InChI is InChI=1S/C29H32F17N3O5/c1-21(2,54-20(52)47-15-16-9-11-17(12-10-16)48-18(50)7-5-3-4-6-8-19(51)49-53)13-14-22(30,31)23(32,33)24(34,35)25(36,37)26(38,39)27(40,41)28(42,43)29(44,45)46/h9-12,53H,3-8,13-15H2,1-2H3,(H,47,52)(H,48,50)(H,49,51). The van der Waals surface area contributed by atoms with Crippen molar-refractivity contribution in [2.45, 2.75) is 125 Å². The number of amides is 3. The second-order valence-corrected chi connectivity index (χ2v) is 12.3. The Kier molecular flexibility index (Phi) is 15.1. The summed E-state index contributed by atoms with van der Waals surface area (Å²) in [5.41, 5.74) is -0.296. The summed E-state index contributed by atoms with van der Waals surface area (Å²) in [6.07, 6.45) is -11.3. The van der Waals surface area contributed by atoms with Crippen molar-refractivity contribution in [3.8, 4) is 0 Å². The van der Waals surface area contributed by atoms with Gasteiger partial charge in [0.15, 0.2) is 0 Å². The van der Waals surface area contributed by atoms with Gasteiger partial charge in [0.1, 0.15) is 5.60 Å². The largest absolute Gasteiger partial charge is 0.460 e. The molecule has 0 atom stereocenters. The molecule has 8 nitrogen and oxygen atoms in total. The monoisotopic (exact) mass is 825 g/mol. The highest BCUT2D eigenvalue weighted by Gasteiger charge is 2.95. The van der Waals surface area contributed by atoms with Gasteiger partial charge in [0.2, 0.25) is 11.8 Å². The van der Waals surface area contributed by atoms with Crippen molar-refractivity contribution in [2.75, 3.05) is 5.32 Å². The van der Waals surface area contributed by atoms with Crippen LogP contribution in [0.25, 0.3) is 0 Å². The molecule has 0 spiro atoms. The summed E-state index contributed by atoms with van der Waals surface area (Å²) in [7, 11) is 0. The number of carbonyl (C=O) groups excluding carboxylic acids is 3. The van der Waals surface area contributed by atoms with Crippen molar-refractivity contribution in [1.82, 2.24) is 10.8 Å². The first kappa shape index (κ1) is 48.2. The number of alkyl halides is 17. The molecule has 0 saturated carbocycles. The zero-order valence-electron chi connectivity index (χ0n) is 27.7. The maximum absolute atomic E-state index is 14.3. The van der Waals surface area contributed by atoms with Gasteiger partial charge in [-0.05, 0) is 50.8 Å². The fraction of sp³-hybridized carbons (Fsp3) is 0.690. The molecule has 0 unspecified atom stereocenters. The topological polar surface area (TPSA) is 117 Å². The predicted molar refractivity (Wildman–Crippen MR) is 150 cm³/mol. The summed E-state index contributed by atoms with van der Waals surface area (Å²) in [6.45, 7) is 0.961. The lowest BCUT2D eigenvalue weighted by molar-refractivity contribution is -0.462. The minimum atomic E-state index is -8.72. The lowest BCUT2D eigenvalue weighted by Gasteiger charge is -2.43. The maximum Gasteiger partial charge on any atom is 0.460 e. The van der Waals surface area contributed by atoms with E-state index in [1.807, 2.05) is 0 Å². The summed E-state index contributed by atoms with van der Waals surface area (Å²) in [6, 6.07) is 5.52. The summed E-state index contributed by atoms with van der Waals surface area (Å²) >= 11 is 0. The van der Waals surface area contributed by atoms with Crippen molar-refractivity contribution >= 4 is 23.6 Å². The minimum absolute atomic E-state index is 0.109. The van der Waals surface area contributed by atoms with Crippen LogP contribution in [0.15, 0.2) is 24.3 Å². The normalized spacial score (nSPS) is 14.1. The summed E-state index contributed by atoms with van der Waals surface area (Å²) in [4.78, 5) is 35.2. The zero-order chi connectivity index (χ0) is 42.4. The number of anilines is 1. The molecule has 0 bridgehead atoms. The molecule has 312 valence electrons. The van der Waals surface area contributed by atoms with E-state index in [1.54, 1.807) is 0 Å². The molecule has 25 heteroatoms. The first-order valence-electron chi connectivity index (χ1n) is 15.1. The number of hydrogen-bond donors (Lipinski definition) is 4. The van der Waals surface area contributed by atoms with Gasteiger partial charge in [-0.3, -0.25) is 14.8 Å². The number of rotatable bonds is 20. The van der Waals surface area contributed by atoms with Crippen LogP contribution >= 0.6 is 0 Å². The lowest BCUT2D eigenvalue weighted by atomic mass is 9.87. The van der Waals surface area contributed by atoms with Crippen LogP contribution in [0.3, 0.4) is 0 Å². The molecule has 0 aliphatic rings. The van der Waals surface area contributed by atoms with Gasteiger partial charge >= 0.3 is 53.7 Å². The fourth-order valence-electron chi connectivity index (χ4n) is 4.23. The van der Waals surface area contributed by atoms with E-state index < -0.39 is 78.1 Å². The van der Waals surface area contributed by atoms with E-state index in [0.717, 1.165) is 0 Å². The zero-order valence-corrected chi connectivity index (χ0v) is 27.7. The number of halogens is 17. The first-order chi connectivity index (χ1) is 24.1. The quantitative estimate of drug-likeness (QED) is 0.0453. The number of ether oxygens (including phenoxy) is 1. The van der Waals surface area contributed by atoms with Gasteiger partial charge in [-0.1, -0.05) is 25.0 Å². The number of carbonyl (C=O) groups is 3. The number of benzene rings is 1. The number of hydrogen-bond acceptors (Lipinski definition) is 5. The van der Waals surface area contributed by atoms with E-state index >= 15 is 0 Å². The summed E-state index contributed by atoms with van der Waals surface area (Å²) < 4.78 is 234. The SMILES string of the molecule is CC(C)(CCC(F)(F)C(F)(F)C(F)(F)C(F)(F)C(F)(F)C(F)(F)C(F)(F)C(F)(F)F)OC(=O)NCc1ccc(NC(=O)CCCCCCC(=O)NO)cc1. The third kappa shape index (κ3) is 10.5. The van der Waals surface area contributed by atoms with Crippen LogP contribution in [0.4, 0.5) is 85.1 Å². The summed E-state index contributed by atoms with van der Waals surface area (Å²) in [5, 5.41) is 13.0. The fourth-order valence-corrected chi connectivity index (χ4v) is 4.23. The van der Waals surface area contributed by atoms with Crippen LogP contribution in [0.5, 0.6) is 0 Å². The molecular formula is C29H32F17N3O5. The Hall–Kier alpha value is -3.80. The van der Waals surface area contributed by atoms with E-state index in [-0.39, 0.29) is 25.3 Å². The van der Waals surface area contributed by atoms with Crippen molar-refractivity contribution in [1.29, 1.82) is 0 Å².